The zero-order valence-corrected chi connectivity index (χ0v) is 15.2. The van der Waals surface area contributed by atoms with Crippen molar-refractivity contribution in [2.45, 2.75) is 19.0 Å². The van der Waals surface area contributed by atoms with Crippen molar-refractivity contribution in [3.8, 4) is 11.4 Å². The fraction of sp³-hybridized carbons (Fsp3) is 0.211. The second-order valence-corrected chi connectivity index (χ2v) is 6.42. The standard InChI is InChI=1S/C19H18F3N7/c20-19(21,22)13-7-3-1-5-11(13)17-25-15(24-10-23)9-16(26-17)27-18-12-6-2-4-8-14(12)28-29-18/h1,3-5,7-9H,2,6,10,23H2,(H3,24,25,26,27,28,29). The number of halogens is 3. The van der Waals surface area contributed by atoms with Crippen molar-refractivity contribution in [3.05, 3.63) is 53.2 Å². The summed E-state index contributed by atoms with van der Waals surface area (Å²) >= 11 is 0. The van der Waals surface area contributed by atoms with Gasteiger partial charge in [0.05, 0.1) is 17.9 Å². The largest absolute Gasteiger partial charge is 0.417 e. The minimum Gasteiger partial charge on any atom is -0.358 e. The summed E-state index contributed by atoms with van der Waals surface area (Å²) in [7, 11) is 0. The minimum atomic E-state index is -4.53. The van der Waals surface area contributed by atoms with Gasteiger partial charge in [-0.2, -0.15) is 18.3 Å². The van der Waals surface area contributed by atoms with E-state index in [1.165, 1.54) is 18.2 Å². The maximum absolute atomic E-state index is 13.4. The number of hydrogen-bond acceptors (Lipinski definition) is 6. The van der Waals surface area contributed by atoms with Gasteiger partial charge in [0.15, 0.2) is 11.6 Å². The number of aromatic nitrogens is 4. The van der Waals surface area contributed by atoms with Crippen LogP contribution < -0.4 is 16.4 Å². The van der Waals surface area contributed by atoms with Crippen LogP contribution in [0.3, 0.4) is 0 Å². The molecule has 0 amide bonds. The third-order valence-corrected chi connectivity index (χ3v) is 4.47. The molecule has 0 spiro atoms. The highest BCUT2D eigenvalue weighted by Crippen LogP contribution is 2.36. The fourth-order valence-electron chi connectivity index (χ4n) is 3.18. The molecule has 0 aliphatic heterocycles. The van der Waals surface area contributed by atoms with Crippen molar-refractivity contribution in [2.75, 3.05) is 17.3 Å². The molecule has 5 N–H and O–H groups in total. The molecule has 0 saturated heterocycles. The molecule has 2 heterocycles. The Morgan fingerprint density at radius 2 is 1.93 bits per heavy atom. The van der Waals surface area contributed by atoms with Gasteiger partial charge in [-0.1, -0.05) is 24.3 Å². The molecule has 29 heavy (non-hydrogen) atoms. The number of allylic oxidation sites excluding steroid dienone is 1. The molecule has 3 aromatic rings. The van der Waals surface area contributed by atoms with Crippen LogP contribution in [-0.2, 0) is 12.6 Å². The van der Waals surface area contributed by atoms with Gasteiger partial charge in [-0.25, -0.2) is 9.97 Å². The topological polar surface area (TPSA) is 105 Å². The van der Waals surface area contributed by atoms with Crippen LogP contribution in [0.15, 0.2) is 36.4 Å². The lowest BCUT2D eigenvalue weighted by molar-refractivity contribution is -0.137. The van der Waals surface area contributed by atoms with Crippen LogP contribution in [0.25, 0.3) is 17.5 Å². The number of hydrogen-bond donors (Lipinski definition) is 4. The first-order valence-corrected chi connectivity index (χ1v) is 8.96. The Kier molecular flexibility index (Phi) is 4.93. The number of fused-ring (bicyclic) bond motifs is 1. The molecule has 0 saturated carbocycles. The van der Waals surface area contributed by atoms with Gasteiger partial charge >= 0.3 is 6.18 Å². The Labute approximate surface area is 164 Å². The first kappa shape index (κ1) is 18.9. The molecule has 1 aliphatic carbocycles. The summed E-state index contributed by atoms with van der Waals surface area (Å²) in [5, 5.41) is 13.1. The normalized spacial score (nSPS) is 13.2. The van der Waals surface area contributed by atoms with E-state index < -0.39 is 11.7 Å². The zero-order valence-electron chi connectivity index (χ0n) is 15.2. The van der Waals surface area contributed by atoms with Crippen molar-refractivity contribution in [3.63, 3.8) is 0 Å². The Hall–Kier alpha value is -3.40. The molecule has 10 heteroatoms. The van der Waals surface area contributed by atoms with Crippen LogP contribution in [0.2, 0.25) is 0 Å². The Morgan fingerprint density at radius 1 is 1.14 bits per heavy atom. The highest BCUT2D eigenvalue weighted by molar-refractivity contribution is 5.69. The quantitative estimate of drug-likeness (QED) is 0.483. The highest BCUT2D eigenvalue weighted by Gasteiger charge is 2.34. The number of aromatic amines is 1. The second-order valence-electron chi connectivity index (χ2n) is 6.42. The van der Waals surface area contributed by atoms with Gasteiger partial charge in [-0.05, 0) is 25.0 Å². The molecule has 2 aromatic heterocycles. The van der Waals surface area contributed by atoms with E-state index in [1.54, 1.807) is 6.07 Å². The lowest BCUT2D eigenvalue weighted by Crippen LogP contribution is -2.14. The van der Waals surface area contributed by atoms with Crippen LogP contribution in [-0.4, -0.2) is 26.8 Å². The highest BCUT2D eigenvalue weighted by atomic mass is 19.4. The van der Waals surface area contributed by atoms with E-state index in [2.05, 4.69) is 30.8 Å². The number of rotatable bonds is 5. The van der Waals surface area contributed by atoms with Gasteiger partial charge in [-0.15, -0.1) is 0 Å². The molecule has 1 aromatic carbocycles. The summed E-state index contributed by atoms with van der Waals surface area (Å²) in [5.74, 6) is 1.13. The summed E-state index contributed by atoms with van der Waals surface area (Å²) in [6.45, 7) is 0.0689. The summed E-state index contributed by atoms with van der Waals surface area (Å²) in [5.41, 5.74) is 6.50. The molecule has 0 radical (unpaired) electrons. The number of alkyl halides is 3. The van der Waals surface area contributed by atoms with Gasteiger partial charge in [0.1, 0.15) is 11.6 Å². The van der Waals surface area contributed by atoms with Gasteiger partial charge in [0.2, 0.25) is 0 Å². The van der Waals surface area contributed by atoms with Crippen LogP contribution >= 0.6 is 0 Å². The van der Waals surface area contributed by atoms with Crippen LogP contribution in [0.1, 0.15) is 23.2 Å². The predicted molar refractivity (Wildman–Crippen MR) is 104 cm³/mol. The van der Waals surface area contributed by atoms with Crippen molar-refractivity contribution in [1.29, 1.82) is 0 Å². The summed E-state index contributed by atoms with van der Waals surface area (Å²) in [6.07, 6.45) is 1.15. The molecule has 0 bridgehead atoms. The van der Waals surface area contributed by atoms with Crippen molar-refractivity contribution in [1.82, 2.24) is 20.2 Å². The van der Waals surface area contributed by atoms with E-state index in [0.717, 1.165) is 30.2 Å². The molecule has 4 rings (SSSR count). The van der Waals surface area contributed by atoms with E-state index in [9.17, 15) is 13.2 Å². The molecule has 0 fully saturated rings. The lowest BCUT2D eigenvalue weighted by Gasteiger charge is -2.14. The number of H-pyrrole nitrogens is 1. The Bertz CT molecular complexity index is 1060. The van der Waals surface area contributed by atoms with Crippen LogP contribution in [0.4, 0.5) is 30.6 Å². The number of nitrogens with two attached hydrogens (primary N) is 1. The molecule has 1 aliphatic rings. The first-order chi connectivity index (χ1) is 14.0. The third-order valence-electron chi connectivity index (χ3n) is 4.47. The van der Waals surface area contributed by atoms with E-state index >= 15 is 0 Å². The molecule has 7 nitrogen and oxygen atoms in total. The molecule has 150 valence electrons. The van der Waals surface area contributed by atoms with E-state index in [0.29, 0.717) is 17.5 Å². The monoisotopic (exact) mass is 401 g/mol. The Balaban J connectivity index is 1.77. The summed E-state index contributed by atoms with van der Waals surface area (Å²) in [6, 6.07) is 6.77. The number of nitrogens with zero attached hydrogens (tertiary/aromatic N) is 3. The van der Waals surface area contributed by atoms with E-state index in [4.69, 9.17) is 5.73 Å². The van der Waals surface area contributed by atoms with Crippen molar-refractivity contribution in [2.24, 2.45) is 5.73 Å². The smallest absolute Gasteiger partial charge is 0.358 e. The average Bonchev–Trinajstić information content (AvgIpc) is 3.10. The second kappa shape index (κ2) is 7.55. The van der Waals surface area contributed by atoms with Gasteiger partial charge < -0.3 is 16.4 Å². The van der Waals surface area contributed by atoms with Gasteiger partial charge in [-0.3, -0.25) is 5.10 Å². The maximum atomic E-state index is 13.4. The molecule has 0 unspecified atom stereocenters. The summed E-state index contributed by atoms with van der Waals surface area (Å²) in [4.78, 5) is 8.51. The van der Waals surface area contributed by atoms with Gasteiger partial charge in [0, 0.05) is 17.2 Å². The number of benzene rings is 1. The average molecular weight is 401 g/mol. The fourth-order valence-corrected chi connectivity index (χ4v) is 3.18. The van der Waals surface area contributed by atoms with Crippen molar-refractivity contribution >= 4 is 23.5 Å². The minimum absolute atomic E-state index is 0.0665. The van der Waals surface area contributed by atoms with Crippen LogP contribution in [0, 0.1) is 0 Å². The van der Waals surface area contributed by atoms with E-state index in [-0.39, 0.29) is 18.1 Å². The van der Waals surface area contributed by atoms with E-state index in [1.807, 2.05) is 12.2 Å². The maximum Gasteiger partial charge on any atom is 0.417 e. The lowest BCUT2D eigenvalue weighted by atomic mass is 10.0. The SMILES string of the molecule is NCNc1cc(Nc2n[nH]c3c2CCC=C3)nc(-c2ccccc2C(F)(F)F)n1. The first-order valence-electron chi connectivity index (χ1n) is 8.96. The summed E-state index contributed by atoms with van der Waals surface area (Å²) < 4.78 is 40.3. The zero-order chi connectivity index (χ0) is 20.4. The number of anilines is 3. The van der Waals surface area contributed by atoms with Crippen molar-refractivity contribution < 1.29 is 13.2 Å². The van der Waals surface area contributed by atoms with Crippen LogP contribution in [0.5, 0.6) is 0 Å². The number of nitrogens with one attached hydrogen (secondary N) is 3. The molecular weight excluding hydrogens is 383 g/mol. The van der Waals surface area contributed by atoms with Gasteiger partial charge in [0.25, 0.3) is 0 Å². The predicted octanol–water partition coefficient (Wildman–Crippen LogP) is 3.92. The third kappa shape index (κ3) is 3.92. The molecular formula is C19H18F3N7. The molecule has 0 atom stereocenters. The Morgan fingerprint density at radius 3 is 2.72 bits per heavy atom.